The third-order valence-electron chi connectivity index (χ3n) is 4.22. The largest absolute Gasteiger partial charge is 0.463 e. The number of nitrogens with one attached hydrogen (secondary N) is 1. The van der Waals surface area contributed by atoms with Crippen molar-refractivity contribution in [3.8, 4) is 0 Å². The lowest BCUT2D eigenvalue weighted by molar-refractivity contribution is -0.149. The van der Waals surface area contributed by atoms with Gasteiger partial charge in [0, 0.05) is 13.1 Å². The number of rotatable bonds is 15. The first-order valence-electron chi connectivity index (χ1n) is 10.2. The molecule has 0 rings (SSSR count). The minimum atomic E-state index is -0.456. The van der Waals surface area contributed by atoms with Crippen LogP contribution >= 0.6 is 0 Å². The van der Waals surface area contributed by atoms with E-state index >= 15 is 0 Å². The molecule has 1 unspecified atom stereocenters. The monoisotopic (exact) mass is 372 g/mol. The lowest BCUT2D eigenvalue weighted by atomic mass is 10.1. The summed E-state index contributed by atoms with van der Waals surface area (Å²) in [5, 5.41) is 2.76. The van der Waals surface area contributed by atoms with Gasteiger partial charge in [0.25, 0.3) is 0 Å². The van der Waals surface area contributed by atoms with E-state index in [1.165, 1.54) is 25.7 Å². The second-order valence-corrected chi connectivity index (χ2v) is 7.15. The Balaban J connectivity index is 4.28. The number of hydrogen-bond donors (Lipinski definition) is 1. The highest BCUT2D eigenvalue weighted by molar-refractivity contribution is 5.71. The molecule has 0 fully saturated rings. The van der Waals surface area contributed by atoms with Crippen LogP contribution < -0.4 is 5.32 Å². The zero-order chi connectivity index (χ0) is 19.8. The Kier molecular flexibility index (Phi) is 15.1. The van der Waals surface area contributed by atoms with Crippen molar-refractivity contribution >= 4 is 12.1 Å². The maximum Gasteiger partial charge on any atom is 0.407 e. The molecule has 0 aromatic heterocycles. The van der Waals surface area contributed by atoms with Crippen LogP contribution in [0.1, 0.15) is 79.1 Å². The van der Waals surface area contributed by atoms with Gasteiger partial charge in [0.1, 0.15) is 6.10 Å². The molecule has 0 aliphatic rings. The van der Waals surface area contributed by atoms with Crippen LogP contribution in [-0.4, -0.2) is 55.9 Å². The number of nitrogens with zero attached hydrogens (tertiary/aromatic N) is 1. The van der Waals surface area contributed by atoms with Gasteiger partial charge >= 0.3 is 12.1 Å². The quantitative estimate of drug-likeness (QED) is 0.346. The van der Waals surface area contributed by atoms with Gasteiger partial charge in [-0.05, 0) is 40.3 Å². The maximum atomic E-state index is 12.0. The third kappa shape index (κ3) is 15.0. The second kappa shape index (κ2) is 15.9. The average Bonchev–Trinajstić information content (AvgIpc) is 2.56. The molecule has 154 valence electrons. The van der Waals surface area contributed by atoms with Crippen molar-refractivity contribution in [3.63, 3.8) is 0 Å². The van der Waals surface area contributed by atoms with Crippen LogP contribution in [0.4, 0.5) is 4.79 Å². The summed E-state index contributed by atoms with van der Waals surface area (Å²) in [6.07, 6.45) is 6.74. The number of carbonyl (C=O) groups excluding carboxylic acids is 2. The van der Waals surface area contributed by atoms with Gasteiger partial charge in [0.05, 0.1) is 12.5 Å². The van der Waals surface area contributed by atoms with Crippen molar-refractivity contribution in [2.75, 3.05) is 26.7 Å². The molecule has 0 aromatic rings. The molecule has 6 nitrogen and oxygen atoms in total. The highest BCUT2D eigenvalue weighted by atomic mass is 16.6. The molecule has 0 spiro atoms. The maximum absolute atomic E-state index is 12.0. The number of esters is 1. The number of likely N-dealkylation sites (N-methyl/N-ethyl adjacent to an activating group) is 1. The Morgan fingerprint density at radius 2 is 1.65 bits per heavy atom. The fraction of sp³-hybridized carbons (Fsp3) is 0.900. The fourth-order valence-electron chi connectivity index (χ4n) is 2.55. The summed E-state index contributed by atoms with van der Waals surface area (Å²) in [6, 6.07) is 0. The van der Waals surface area contributed by atoms with Crippen molar-refractivity contribution in [2.45, 2.75) is 91.3 Å². The first kappa shape index (κ1) is 24.7. The molecule has 0 bridgehead atoms. The molecule has 0 aliphatic carbocycles. The molecule has 0 saturated heterocycles. The standard InChI is InChI=1S/C20H40N2O4/c1-6-8-9-10-11-12-13-18(16-19(23)25-17(3)4)26-20(24)21-14-15-22(5)7-2/h17-18H,6-16H2,1-5H3,(H,21,24). The average molecular weight is 373 g/mol. The zero-order valence-corrected chi connectivity index (χ0v) is 17.5. The van der Waals surface area contributed by atoms with Gasteiger partial charge in [-0.2, -0.15) is 0 Å². The van der Waals surface area contributed by atoms with Gasteiger partial charge in [-0.1, -0.05) is 46.0 Å². The molecule has 0 heterocycles. The van der Waals surface area contributed by atoms with E-state index in [2.05, 4.69) is 24.1 Å². The van der Waals surface area contributed by atoms with E-state index in [1.54, 1.807) is 0 Å². The van der Waals surface area contributed by atoms with Crippen LogP contribution in [0.3, 0.4) is 0 Å². The Morgan fingerprint density at radius 1 is 1.00 bits per heavy atom. The molecule has 1 N–H and O–H groups in total. The van der Waals surface area contributed by atoms with Gasteiger partial charge < -0.3 is 19.7 Å². The minimum Gasteiger partial charge on any atom is -0.463 e. The topological polar surface area (TPSA) is 67.9 Å². The lowest BCUT2D eigenvalue weighted by Gasteiger charge is -2.19. The van der Waals surface area contributed by atoms with Crippen LogP contribution in [0.5, 0.6) is 0 Å². The molecular weight excluding hydrogens is 332 g/mol. The number of carbonyl (C=O) groups is 2. The van der Waals surface area contributed by atoms with Crippen molar-refractivity contribution < 1.29 is 19.1 Å². The van der Waals surface area contributed by atoms with Gasteiger partial charge in [-0.15, -0.1) is 0 Å². The number of ether oxygens (including phenoxy) is 2. The summed E-state index contributed by atoms with van der Waals surface area (Å²) in [5.74, 6) is -0.311. The van der Waals surface area contributed by atoms with Gasteiger partial charge in [0.2, 0.25) is 0 Å². The van der Waals surface area contributed by atoms with Crippen molar-refractivity contribution in [3.05, 3.63) is 0 Å². The van der Waals surface area contributed by atoms with Crippen LogP contribution in [0.15, 0.2) is 0 Å². The van der Waals surface area contributed by atoms with Crippen LogP contribution in [0, 0.1) is 0 Å². The van der Waals surface area contributed by atoms with E-state index in [0.29, 0.717) is 13.0 Å². The van der Waals surface area contributed by atoms with Crippen LogP contribution in [-0.2, 0) is 14.3 Å². The summed E-state index contributed by atoms with van der Waals surface area (Å²) in [5.41, 5.74) is 0. The molecule has 6 heteroatoms. The predicted octanol–water partition coefficient (Wildman–Crippen LogP) is 4.13. The number of amides is 1. The van der Waals surface area contributed by atoms with E-state index in [4.69, 9.17) is 9.47 Å². The molecular formula is C20H40N2O4. The smallest absolute Gasteiger partial charge is 0.407 e. The van der Waals surface area contributed by atoms with Crippen LogP contribution in [0.25, 0.3) is 0 Å². The molecule has 26 heavy (non-hydrogen) atoms. The van der Waals surface area contributed by atoms with E-state index < -0.39 is 12.2 Å². The van der Waals surface area contributed by atoms with Crippen molar-refractivity contribution in [2.24, 2.45) is 0 Å². The number of unbranched alkanes of at least 4 members (excludes halogenated alkanes) is 5. The molecule has 1 atom stereocenters. The summed E-state index contributed by atoms with van der Waals surface area (Å²) >= 11 is 0. The Labute approximate surface area is 160 Å². The fourth-order valence-corrected chi connectivity index (χ4v) is 2.55. The Morgan fingerprint density at radius 3 is 2.27 bits per heavy atom. The van der Waals surface area contributed by atoms with Gasteiger partial charge in [0.15, 0.2) is 0 Å². The SMILES string of the molecule is CCCCCCCCC(CC(=O)OC(C)C)OC(=O)NCCN(C)CC. The van der Waals surface area contributed by atoms with Gasteiger partial charge in [-0.25, -0.2) is 4.79 Å². The normalized spacial score (nSPS) is 12.3. The third-order valence-corrected chi connectivity index (χ3v) is 4.22. The minimum absolute atomic E-state index is 0.120. The molecule has 0 aromatic carbocycles. The Bertz CT molecular complexity index is 375. The van der Waals surface area contributed by atoms with E-state index in [-0.39, 0.29) is 18.5 Å². The molecule has 0 aliphatic heterocycles. The van der Waals surface area contributed by atoms with Crippen LogP contribution in [0.2, 0.25) is 0 Å². The predicted molar refractivity (Wildman–Crippen MR) is 105 cm³/mol. The second-order valence-electron chi connectivity index (χ2n) is 7.15. The molecule has 0 saturated carbocycles. The van der Waals surface area contributed by atoms with E-state index in [0.717, 1.165) is 25.9 Å². The summed E-state index contributed by atoms with van der Waals surface area (Å²) in [4.78, 5) is 26.0. The summed E-state index contributed by atoms with van der Waals surface area (Å²) in [6.45, 7) is 10.1. The summed E-state index contributed by atoms with van der Waals surface area (Å²) < 4.78 is 10.7. The zero-order valence-electron chi connectivity index (χ0n) is 17.5. The molecule has 1 amide bonds. The number of hydrogen-bond acceptors (Lipinski definition) is 5. The van der Waals surface area contributed by atoms with E-state index in [1.807, 2.05) is 20.9 Å². The molecule has 0 radical (unpaired) electrons. The highest BCUT2D eigenvalue weighted by Crippen LogP contribution is 2.14. The lowest BCUT2D eigenvalue weighted by Crippen LogP contribution is -2.35. The first-order chi connectivity index (χ1) is 12.4. The van der Waals surface area contributed by atoms with Crippen molar-refractivity contribution in [1.29, 1.82) is 0 Å². The summed E-state index contributed by atoms with van der Waals surface area (Å²) in [7, 11) is 2.00. The van der Waals surface area contributed by atoms with Gasteiger partial charge in [-0.3, -0.25) is 4.79 Å². The van der Waals surface area contributed by atoms with E-state index in [9.17, 15) is 9.59 Å². The highest BCUT2D eigenvalue weighted by Gasteiger charge is 2.20. The first-order valence-corrected chi connectivity index (χ1v) is 10.2. The Hall–Kier alpha value is -1.30. The van der Waals surface area contributed by atoms with Crippen molar-refractivity contribution in [1.82, 2.24) is 10.2 Å². The number of alkyl carbamates (subject to hydrolysis) is 1.